The molecule has 0 amide bonds. The third-order valence-corrected chi connectivity index (χ3v) is 4.05. The molecule has 1 atom stereocenters. The average Bonchev–Trinajstić information content (AvgIpc) is 2.41. The molecular weight excluding hydrogens is 347 g/mol. The highest BCUT2D eigenvalue weighted by molar-refractivity contribution is 9.10. The maximum Gasteiger partial charge on any atom is 0.311 e. The van der Waals surface area contributed by atoms with Crippen molar-refractivity contribution in [3.63, 3.8) is 0 Å². The van der Waals surface area contributed by atoms with E-state index in [0.29, 0.717) is 15.6 Å². The number of hydrogen-bond donors (Lipinski definition) is 1. The standard InChI is InChI=1S/C15H11BrClFO2/c16-12-6-2-1-5-10(12)11(15(19)20)8-9-4-3-7-13(17)14(9)18/h1-7,11H,8H2,(H,19,20). The number of benzene rings is 2. The van der Waals surface area contributed by atoms with Gasteiger partial charge in [-0.1, -0.05) is 57.9 Å². The first kappa shape index (κ1) is 15.0. The first-order valence-corrected chi connectivity index (χ1v) is 7.08. The largest absolute Gasteiger partial charge is 0.481 e. The van der Waals surface area contributed by atoms with Crippen molar-refractivity contribution < 1.29 is 14.3 Å². The Hall–Kier alpha value is -1.39. The minimum absolute atomic E-state index is 0.00114. The molecule has 2 aromatic carbocycles. The van der Waals surface area contributed by atoms with Crippen LogP contribution < -0.4 is 0 Å². The Morgan fingerprint density at radius 2 is 1.95 bits per heavy atom. The molecule has 0 saturated heterocycles. The summed E-state index contributed by atoms with van der Waals surface area (Å²) in [5.41, 5.74) is 0.903. The molecule has 104 valence electrons. The van der Waals surface area contributed by atoms with Crippen molar-refractivity contribution in [1.29, 1.82) is 0 Å². The molecule has 5 heteroatoms. The van der Waals surface area contributed by atoms with E-state index in [1.54, 1.807) is 36.4 Å². The molecule has 1 unspecified atom stereocenters. The van der Waals surface area contributed by atoms with Crippen molar-refractivity contribution in [3.05, 3.63) is 68.9 Å². The number of carboxylic acid groups (broad SMARTS) is 1. The van der Waals surface area contributed by atoms with E-state index in [-0.39, 0.29) is 11.4 Å². The Labute approximate surface area is 129 Å². The molecule has 0 saturated carbocycles. The van der Waals surface area contributed by atoms with Crippen LogP contribution in [0, 0.1) is 5.82 Å². The minimum atomic E-state index is -1.00. The van der Waals surface area contributed by atoms with Crippen LogP contribution in [-0.2, 0) is 11.2 Å². The molecule has 2 rings (SSSR count). The highest BCUT2D eigenvalue weighted by Crippen LogP contribution is 2.30. The second-order valence-corrected chi connectivity index (χ2v) is 5.59. The zero-order valence-corrected chi connectivity index (χ0v) is 12.7. The fourth-order valence-electron chi connectivity index (χ4n) is 2.01. The SMILES string of the molecule is O=C(O)C(Cc1cccc(Cl)c1F)c1ccccc1Br. The highest BCUT2D eigenvalue weighted by atomic mass is 79.9. The van der Waals surface area contributed by atoms with E-state index in [1.807, 2.05) is 0 Å². The molecule has 2 nitrogen and oxygen atoms in total. The van der Waals surface area contributed by atoms with Gasteiger partial charge in [0.2, 0.25) is 0 Å². The molecule has 0 spiro atoms. The summed E-state index contributed by atoms with van der Waals surface area (Å²) in [5.74, 6) is -2.40. The molecule has 2 aromatic rings. The van der Waals surface area contributed by atoms with Gasteiger partial charge in [0.15, 0.2) is 0 Å². The van der Waals surface area contributed by atoms with E-state index in [9.17, 15) is 14.3 Å². The molecule has 0 radical (unpaired) electrons. The van der Waals surface area contributed by atoms with E-state index in [4.69, 9.17) is 11.6 Å². The van der Waals surface area contributed by atoms with Gasteiger partial charge in [0.1, 0.15) is 5.82 Å². The van der Waals surface area contributed by atoms with E-state index < -0.39 is 17.7 Å². The fraction of sp³-hybridized carbons (Fsp3) is 0.133. The summed E-state index contributed by atoms with van der Waals surface area (Å²) in [7, 11) is 0. The number of carboxylic acids is 1. The normalized spacial score (nSPS) is 12.2. The fourth-order valence-corrected chi connectivity index (χ4v) is 2.77. The Kier molecular flexibility index (Phi) is 4.78. The molecule has 1 N–H and O–H groups in total. The lowest BCUT2D eigenvalue weighted by Crippen LogP contribution is -2.15. The zero-order chi connectivity index (χ0) is 14.7. The van der Waals surface area contributed by atoms with Gasteiger partial charge in [-0.25, -0.2) is 4.39 Å². The third kappa shape index (κ3) is 3.19. The molecule has 0 aliphatic carbocycles. The number of rotatable bonds is 4. The lowest BCUT2D eigenvalue weighted by molar-refractivity contribution is -0.138. The topological polar surface area (TPSA) is 37.3 Å². The zero-order valence-electron chi connectivity index (χ0n) is 10.3. The van der Waals surface area contributed by atoms with Crippen LogP contribution in [0.25, 0.3) is 0 Å². The van der Waals surface area contributed by atoms with Gasteiger partial charge in [-0.05, 0) is 29.7 Å². The van der Waals surface area contributed by atoms with E-state index in [0.717, 1.165) is 0 Å². The van der Waals surface area contributed by atoms with Gasteiger partial charge in [0.05, 0.1) is 10.9 Å². The second-order valence-electron chi connectivity index (χ2n) is 4.33. The lowest BCUT2D eigenvalue weighted by Gasteiger charge is -2.15. The Morgan fingerprint density at radius 1 is 1.25 bits per heavy atom. The second kappa shape index (κ2) is 6.37. The van der Waals surface area contributed by atoms with Crippen molar-refractivity contribution >= 4 is 33.5 Å². The van der Waals surface area contributed by atoms with Crippen LogP contribution in [0.2, 0.25) is 5.02 Å². The van der Waals surface area contributed by atoms with Crippen LogP contribution in [0.15, 0.2) is 46.9 Å². The Bertz CT molecular complexity index is 646. The monoisotopic (exact) mass is 356 g/mol. The van der Waals surface area contributed by atoms with Crippen molar-refractivity contribution in [2.45, 2.75) is 12.3 Å². The van der Waals surface area contributed by atoms with Crippen LogP contribution in [-0.4, -0.2) is 11.1 Å². The number of hydrogen-bond acceptors (Lipinski definition) is 1. The van der Waals surface area contributed by atoms with Gasteiger partial charge in [-0.2, -0.15) is 0 Å². The predicted octanol–water partition coefficient (Wildman–Crippen LogP) is 4.65. The molecule has 0 bridgehead atoms. The van der Waals surface area contributed by atoms with Crippen molar-refractivity contribution in [2.75, 3.05) is 0 Å². The van der Waals surface area contributed by atoms with Crippen LogP contribution in [0.3, 0.4) is 0 Å². The number of carbonyl (C=O) groups is 1. The van der Waals surface area contributed by atoms with Gasteiger partial charge in [0, 0.05) is 4.47 Å². The van der Waals surface area contributed by atoms with Gasteiger partial charge >= 0.3 is 5.97 Å². The summed E-state index contributed by atoms with van der Waals surface area (Å²) in [6, 6.07) is 11.6. The summed E-state index contributed by atoms with van der Waals surface area (Å²) in [6.45, 7) is 0. The predicted molar refractivity (Wildman–Crippen MR) is 79.6 cm³/mol. The smallest absolute Gasteiger partial charge is 0.311 e. The minimum Gasteiger partial charge on any atom is -0.481 e. The van der Waals surface area contributed by atoms with Gasteiger partial charge in [-0.15, -0.1) is 0 Å². The van der Waals surface area contributed by atoms with Crippen molar-refractivity contribution in [3.8, 4) is 0 Å². The third-order valence-electron chi connectivity index (χ3n) is 3.03. The molecule has 20 heavy (non-hydrogen) atoms. The summed E-state index contributed by atoms with van der Waals surface area (Å²) in [4.78, 5) is 11.5. The van der Waals surface area contributed by atoms with Gasteiger partial charge in [0.25, 0.3) is 0 Å². The van der Waals surface area contributed by atoms with E-state index in [2.05, 4.69) is 15.9 Å². The lowest BCUT2D eigenvalue weighted by atomic mass is 9.92. The quantitative estimate of drug-likeness (QED) is 0.864. The molecular formula is C15H11BrClFO2. The molecule has 0 heterocycles. The van der Waals surface area contributed by atoms with Gasteiger partial charge < -0.3 is 5.11 Å². The van der Waals surface area contributed by atoms with Crippen LogP contribution >= 0.6 is 27.5 Å². The maximum absolute atomic E-state index is 13.9. The number of halogens is 3. The molecule has 0 aliphatic heterocycles. The van der Waals surface area contributed by atoms with E-state index in [1.165, 1.54) is 6.07 Å². The summed E-state index contributed by atoms with van der Waals surface area (Å²) >= 11 is 9.05. The molecule has 0 aliphatic rings. The van der Waals surface area contributed by atoms with Gasteiger partial charge in [-0.3, -0.25) is 4.79 Å². The summed E-state index contributed by atoms with van der Waals surface area (Å²) in [6.07, 6.45) is 0.0460. The van der Waals surface area contributed by atoms with Crippen LogP contribution in [0.5, 0.6) is 0 Å². The molecule has 0 fully saturated rings. The summed E-state index contributed by atoms with van der Waals surface area (Å²) < 4.78 is 14.6. The first-order valence-electron chi connectivity index (χ1n) is 5.91. The summed E-state index contributed by atoms with van der Waals surface area (Å²) in [5, 5.41) is 9.40. The Morgan fingerprint density at radius 3 is 2.60 bits per heavy atom. The average molecular weight is 358 g/mol. The van der Waals surface area contributed by atoms with Crippen LogP contribution in [0.1, 0.15) is 17.0 Å². The first-order chi connectivity index (χ1) is 9.50. The maximum atomic E-state index is 13.9. The van der Waals surface area contributed by atoms with Crippen LogP contribution in [0.4, 0.5) is 4.39 Å². The highest BCUT2D eigenvalue weighted by Gasteiger charge is 2.24. The van der Waals surface area contributed by atoms with E-state index >= 15 is 0 Å². The Balaban J connectivity index is 2.39. The number of aliphatic carboxylic acids is 1. The van der Waals surface area contributed by atoms with Crippen molar-refractivity contribution in [1.82, 2.24) is 0 Å². The van der Waals surface area contributed by atoms with Crippen molar-refractivity contribution in [2.24, 2.45) is 0 Å². The molecule has 0 aromatic heterocycles.